The van der Waals surface area contributed by atoms with Gasteiger partial charge in [-0.3, -0.25) is 0 Å². The third kappa shape index (κ3) is 2.95. The minimum absolute atomic E-state index is 0.291. The van der Waals surface area contributed by atoms with E-state index in [9.17, 15) is 0 Å². The van der Waals surface area contributed by atoms with Crippen molar-refractivity contribution < 1.29 is 0 Å². The van der Waals surface area contributed by atoms with E-state index in [0.717, 1.165) is 26.7 Å². The molecule has 0 radical (unpaired) electrons. The van der Waals surface area contributed by atoms with Crippen molar-refractivity contribution in [3.05, 3.63) is 69.7 Å². The molecular formula is C16H12Cl2N2S. The molecule has 1 heterocycles. The SMILES string of the molecule is Cc1cccc(-c2nnc(C(Cl)c3ccccc3)s2)c1Cl. The number of nitrogens with zero attached hydrogens (tertiary/aromatic N) is 2. The Balaban J connectivity index is 1.95. The van der Waals surface area contributed by atoms with Crippen LogP contribution in [0.3, 0.4) is 0 Å². The molecule has 0 N–H and O–H groups in total. The average molecular weight is 335 g/mol. The van der Waals surface area contributed by atoms with Crippen LogP contribution in [0.15, 0.2) is 48.5 Å². The highest BCUT2D eigenvalue weighted by Crippen LogP contribution is 2.37. The largest absolute Gasteiger partial charge is 0.149 e. The molecule has 0 amide bonds. The van der Waals surface area contributed by atoms with Crippen LogP contribution in [0.4, 0.5) is 0 Å². The third-order valence-electron chi connectivity index (χ3n) is 3.17. The lowest BCUT2D eigenvalue weighted by molar-refractivity contribution is 0.988. The molecule has 106 valence electrons. The second kappa shape index (κ2) is 6.14. The van der Waals surface area contributed by atoms with E-state index < -0.39 is 0 Å². The van der Waals surface area contributed by atoms with E-state index in [4.69, 9.17) is 23.2 Å². The average Bonchev–Trinajstić information content (AvgIpc) is 3.00. The summed E-state index contributed by atoms with van der Waals surface area (Å²) in [5.41, 5.74) is 2.94. The van der Waals surface area contributed by atoms with Crippen molar-refractivity contribution in [3.63, 3.8) is 0 Å². The van der Waals surface area contributed by atoms with Crippen LogP contribution in [0.5, 0.6) is 0 Å². The summed E-state index contributed by atoms with van der Waals surface area (Å²) in [6.45, 7) is 1.97. The number of aryl methyl sites for hydroxylation is 1. The minimum Gasteiger partial charge on any atom is -0.141 e. The fourth-order valence-corrected chi connectivity index (χ4v) is 3.50. The Hall–Kier alpha value is -1.42. The van der Waals surface area contributed by atoms with Crippen molar-refractivity contribution in [3.8, 4) is 10.6 Å². The monoisotopic (exact) mass is 334 g/mol. The molecule has 0 aliphatic heterocycles. The van der Waals surface area contributed by atoms with Gasteiger partial charge in [0.25, 0.3) is 0 Å². The van der Waals surface area contributed by atoms with Crippen molar-refractivity contribution >= 4 is 34.5 Å². The summed E-state index contributed by atoms with van der Waals surface area (Å²) in [7, 11) is 0. The number of hydrogen-bond donors (Lipinski definition) is 0. The number of rotatable bonds is 3. The maximum absolute atomic E-state index is 6.48. The summed E-state index contributed by atoms with van der Waals surface area (Å²) < 4.78 is 0. The van der Waals surface area contributed by atoms with Crippen LogP contribution in [0.25, 0.3) is 10.6 Å². The standard InChI is InChI=1S/C16H12Cl2N2S/c1-10-6-5-9-12(13(10)17)15-19-20-16(21-15)14(18)11-7-3-2-4-8-11/h2-9,14H,1H3. The Morgan fingerprint density at radius 1 is 1.00 bits per heavy atom. The summed E-state index contributed by atoms with van der Waals surface area (Å²) >= 11 is 14.3. The van der Waals surface area contributed by atoms with Gasteiger partial charge >= 0.3 is 0 Å². The molecule has 21 heavy (non-hydrogen) atoms. The van der Waals surface area contributed by atoms with Gasteiger partial charge in [0, 0.05) is 5.56 Å². The van der Waals surface area contributed by atoms with Gasteiger partial charge < -0.3 is 0 Å². The molecule has 1 atom stereocenters. The third-order valence-corrected chi connectivity index (χ3v) is 5.28. The Labute approximate surface area is 137 Å². The van der Waals surface area contributed by atoms with Crippen molar-refractivity contribution in [1.29, 1.82) is 0 Å². The fourth-order valence-electron chi connectivity index (χ4n) is 2.02. The molecule has 0 aliphatic carbocycles. The highest BCUT2D eigenvalue weighted by atomic mass is 35.5. The summed E-state index contributed by atoms with van der Waals surface area (Å²) in [6.07, 6.45) is 0. The van der Waals surface area contributed by atoms with Gasteiger partial charge in [-0.2, -0.15) is 0 Å². The zero-order chi connectivity index (χ0) is 14.8. The first-order valence-electron chi connectivity index (χ1n) is 6.44. The van der Waals surface area contributed by atoms with Gasteiger partial charge in [-0.25, -0.2) is 0 Å². The Bertz CT molecular complexity index is 756. The molecule has 0 fully saturated rings. The summed E-state index contributed by atoms with van der Waals surface area (Å²) in [5, 5.41) is 10.4. The number of benzene rings is 2. The molecule has 2 aromatic carbocycles. The normalized spacial score (nSPS) is 12.3. The van der Waals surface area contributed by atoms with E-state index in [-0.39, 0.29) is 5.38 Å². The zero-order valence-electron chi connectivity index (χ0n) is 11.3. The molecule has 2 nitrogen and oxygen atoms in total. The van der Waals surface area contributed by atoms with Crippen LogP contribution in [0.1, 0.15) is 21.5 Å². The number of alkyl halides is 1. The topological polar surface area (TPSA) is 25.8 Å². The Kier molecular flexibility index (Phi) is 4.24. The van der Waals surface area contributed by atoms with Crippen molar-refractivity contribution in [1.82, 2.24) is 10.2 Å². The van der Waals surface area contributed by atoms with E-state index in [1.165, 1.54) is 11.3 Å². The quantitative estimate of drug-likeness (QED) is 0.591. The molecular weight excluding hydrogens is 323 g/mol. The molecule has 5 heteroatoms. The van der Waals surface area contributed by atoms with E-state index >= 15 is 0 Å². The molecule has 0 spiro atoms. The number of halogens is 2. The van der Waals surface area contributed by atoms with Crippen LogP contribution in [0.2, 0.25) is 5.02 Å². The van der Waals surface area contributed by atoms with E-state index in [2.05, 4.69) is 10.2 Å². The van der Waals surface area contributed by atoms with Gasteiger partial charge in [0.2, 0.25) is 0 Å². The van der Waals surface area contributed by atoms with Gasteiger partial charge in [0.1, 0.15) is 15.4 Å². The summed E-state index contributed by atoms with van der Waals surface area (Å²) in [5.74, 6) is 0. The van der Waals surface area contributed by atoms with Gasteiger partial charge in [0.05, 0.1) is 5.02 Å². The first kappa shape index (κ1) is 14.5. The summed E-state index contributed by atoms with van der Waals surface area (Å²) in [4.78, 5) is 0. The maximum atomic E-state index is 6.48. The predicted molar refractivity (Wildman–Crippen MR) is 89.2 cm³/mol. The minimum atomic E-state index is -0.291. The highest BCUT2D eigenvalue weighted by Gasteiger charge is 2.18. The lowest BCUT2D eigenvalue weighted by atomic mass is 10.1. The lowest BCUT2D eigenvalue weighted by Gasteiger charge is -2.05. The molecule has 1 aromatic heterocycles. The van der Waals surface area contributed by atoms with Crippen molar-refractivity contribution in [2.24, 2.45) is 0 Å². The molecule has 0 aliphatic rings. The van der Waals surface area contributed by atoms with Crippen LogP contribution in [-0.2, 0) is 0 Å². The Morgan fingerprint density at radius 3 is 2.52 bits per heavy atom. The predicted octanol–water partition coefficient (Wildman–Crippen LogP) is 5.50. The van der Waals surface area contributed by atoms with Gasteiger partial charge in [-0.1, -0.05) is 71.5 Å². The van der Waals surface area contributed by atoms with Crippen molar-refractivity contribution in [2.75, 3.05) is 0 Å². The molecule has 0 saturated heterocycles. The first-order valence-corrected chi connectivity index (χ1v) is 8.08. The van der Waals surface area contributed by atoms with E-state index in [0.29, 0.717) is 5.02 Å². The molecule has 3 aromatic rings. The van der Waals surface area contributed by atoms with Crippen molar-refractivity contribution in [2.45, 2.75) is 12.3 Å². The number of hydrogen-bond acceptors (Lipinski definition) is 3. The van der Waals surface area contributed by atoms with Crippen LogP contribution >= 0.6 is 34.5 Å². The number of aromatic nitrogens is 2. The second-order valence-corrected chi connectivity index (χ2v) is 6.48. The zero-order valence-corrected chi connectivity index (χ0v) is 13.6. The highest BCUT2D eigenvalue weighted by molar-refractivity contribution is 7.15. The van der Waals surface area contributed by atoms with E-state index in [1.807, 2.05) is 55.5 Å². The molecule has 3 rings (SSSR count). The fraction of sp³-hybridized carbons (Fsp3) is 0.125. The van der Waals surface area contributed by atoms with Gasteiger partial charge in [-0.15, -0.1) is 21.8 Å². The van der Waals surface area contributed by atoms with Crippen LogP contribution in [0, 0.1) is 6.92 Å². The Morgan fingerprint density at radius 2 is 1.76 bits per heavy atom. The smallest absolute Gasteiger partial charge is 0.141 e. The summed E-state index contributed by atoms with van der Waals surface area (Å²) in [6, 6.07) is 15.7. The van der Waals surface area contributed by atoms with Gasteiger partial charge in [-0.05, 0) is 18.1 Å². The molecule has 0 saturated carbocycles. The lowest BCUT2D eigenvalue weighted by Crippen LogP contribution is -1.91. The van der Waals surface area contributed by atoms with E-state index in [1.54, 1.807) is 0 Å². The van der Waals surface area contributed by atoms with Crippen LogP contribution < -0.4 is 0 Å². The first-order chi connectivity index (χ1) is 10.2. The maximum Gasteiger partial charge on any atom is 0.149 e. The second-order valence-electron chi connectivity index (χ2n) is 4.66. The molecule has 1 unspecified atom stereocenters. The van der Waals surface area contributed by atoms with Gasteiger partial charge in [0.15, 0.2) is 0 Å². The molecule has 0 bridgehead atoms. The van der Waals surface area contributed by atoms with Crippen LogP contribution in [-0.4, -0.2) is 10.2 Å².